The van der Waals surface area contributed by atoms with E-state index in [1.165, 1.54) is 12.8 Å². The summed E-state index contributed by atoms with van der Waals surface area (Å²) in [5.41, 5.74) is 1.15. The highest BCUT2D eigenvalue weighted by atomic mass is 32.1. The molecule has 4 nitrogen and oxygen atoms in total. The summed E-state index contributed by atoms with van der Waals surface area (Å²) in [6, 6.07) is 8.47. The number of fused-ring (bicyclic) bond motifs is 4. The van der Waals surface area contributed by atoms with E-state index < -0.39 is 0 Å². The maximum Gasteiger partial charge on any atom is 0.261 e. The number of aromatic nitrogens is 1. The lowest BCUT2D eigenvalue weighted by molar-refractivity contribution is -0.0377. The number of rotatable bonds is 3. The fourth-order valence-corrected chi connectivity index (χ4v) is 6.60. The van der Waals surface area contributed by atoms with Gasteiger partial charge in [0.2, 0.25) is 0 Å². The molecule has 0 aliphatic carbocycles. The molecule has 6 rings (SSSR count). The molecule has 3 aromatic rings. The summed E-state index contributed by atoms with van der Waals surface area (Å²) in [5, 5.41) is 7.50. The molecule has 140 valence electrons. The van der Waals surface area contributed by atoms with E-state index in [-0.39, 0.29) is 17.5 Å². The number of hydrogen-bond acceptors (Lipinski definition) is 5. The smallest absolute Gasteiger partial charge is 0.261 e. The zero-order valence-corrected chi connectivity index (χ0v) is 17.2. The number of carbonyl (C=O) groups is 1. The highest BCUT2D eigenvalue weighted by molar-refractivity contribution is 7.22. The maximum atomic E-state index is 13.1. The Kier molecular flexibility index (Phi) is 4.11. The lowest BCUT2D eigenvalue weighted by Crippen LogP contribution is -2.69. The van der Waals surface area contributed by atoms with Gasteiger partial charge in [-0.1, -0.05) is 18.2 Å². The van der Waals surface area contributed by atoms with Crippen molar-refractivity contribution in [1.29, 1.82) is 0 Å². The molecule has 6 heteroatoms. The van der Waals surface area contributed by atoms with Crippen LogP contribution in [0, 0.1) is 5.92 Å². The number of benzene rings is 1. The first-order valence-electron chi connectivity index (χ1n) is 9.52. The second-order valence-corrected chi connectivity index (χ2v) is 10.0. The van der Waals surface area contributed by atoms with Gasteiger partial charge >= 0.3 is 0 Å². The Morgan fingerprint density at radius 3 is 2.81 bits per heavy atom. The van der Waals surface area contributed by atoms with Crippen molar-refractivity contribution in [2.45, 2.75) is 38.3 Å². The largest absolute Gasteiger partial charge is 0.346 e. The molecule has 2 aromatic heterocycles. The highest BCUT2D eigenvalue weighted by Gasteiger charge is 2.48. The number of amides is 1. The van der Waals surface area contributed by atoms with E-state index in [2.05, 4.69) is 41.2 Å². The molecule has 1 N–H and O–H groups in total. The molecule has 3 aliphatic heterocycles. The van der Waals surface area contributed by atoms with Crippen LogP contribution >= 0.6 is 22.7 Å². The lowest BCUT2D eigenvalue weighted by Gasteiger charge is -2.56. The Hall–Kier alpha value is -1.76. The molecule has 3 saturated heterocycles. The number of thiophene rings is 1. The Balaban J connectivity index is 1.46. The van der Waals surface area contributed by atoms with Crippen LogP contribution in [0.1, 0.15) is 36.4 Å². The minimum atomic E-state index is 0.0273. The van der Waals surface area contributed by atoms with Gasteiger partial charge in [0.15, 0.2) is 0 Å². The Labute approximate surface area is 167 Å². The van der Waals surface area contributed by atoms with Gasteiger partial charge < -0.3 is 5.32 Å². The Morgan fingerprint density at radius 1 is 1.30 bits per heavy atom. The van der Waals surface area contributed by atoms with Crippen molar-refractivity contribution in [3.63, 3.8) is 0 Å². The van der Waals surface area contributed by atoms with Crippen LogP contribution in [-0.4, -0.2) is 40.5 Å². The summed E-state index contributed by atoms with van der Waals surface area (Å²) >= 11 is 3.21. The molecular weight excluding hydrogens is 374 g/mol. The van der Waals surface area contributed by atoms with Crippen LogP contribution in [0.3, 0.4) is 0 Å². The van der Waals surface area contributed by atoms with Crippen LogP contribution in [0.15, 0.2) is 35.8 Å². The zero-order chi connectivity index (χ0) is 18.6. The molecule has 5 heterocycles. The molecule has 2 bridgehead atoms. The minimum absolute atomic E-state index is 0.0273. The van der Waals surface area contributed by atoms with Gasteiger partial charge in [-0.05, 0) is 57.1 Å². The standard InChI is InChI=1S/C21H23N3OS2/c1-21(2)18(13-6-9-24(21)10-7-13)23-19(25)16-12-14-4-3-5-15(17(14)27-16)20-22-8-11-26-20/h3-5,8,11-13,18H,6-7,9-10H2,1-2H3,(H,23,25). The van der Waals surface area contributed by atoms with Gasteiger partial charge in [-0.15, -0.1) is 22.7 Å². The number of thiazole rings is 1. The molecule has 1 amide bonds. The van der Waals surface area contributed by atoms with E-state index >= 15 is 0 Å². The third-order valence-corrected chi connectivity index (χ3v) is 8.29. The molecule has 3 fully saturated rings. The summed E-state index contributed by atoms with van der Waals surface area (Å²) < 4.78 is 1.14. The topological polar surface area (TPSA) is 45.2 Å². The van der Waals surface area contributed by atoms with Gasteiger partial charge in [-0.3, -0.25) is 9.69 Å². The van der Waals surface area contributed by atoms with E-state index in [1.807, 2.05) is 23.7 Å². The normalized spacial score (nSPS) is 26.4. The molecule has 27 heavy (non-hydrogen) atoms. The number of hydrogen-bond donors (Lipinski definition) is 1. The number of nitrogens with zero attached hydrogens (tertiary/aromatic N) is 2. The number of nitrogens with one attached hydrogen (secondary N) is 1. The third-order valence-electron chi connectivity index (χ3n) is 6.30. The Morgan fingerprint density at radius 2 is 2.11 bits per heavy atom. The fourth-order valence-electron chi connectivity index (χ4n) is 4.79. The number of carbonyl (C=O) groups excluding carboxylic acids is 1. The van der Waals surface area contributed by atoms with Crippen LogP contribution in [0.4, 0.5) is 0 Å². The van der Waals surface area contributed by atoms with Crippen LogP contribution < -0.4 is 5.32 Å². The van der Waals surface area contributed by atoms with E-state index in [9.17, 15) is 4.79 Å². The predicted molar refractivity (Wildman–Crippen MR) is 113 cm³/mol. The first-order chi connectivity index (χ1) is 13.0. The first kappa shape index (κ1) is 17.3. The quantitative estimate of drug-likeness (QED) is 0.701. The molecule has 0 spiro atoms. The third kappa shape index (κ3) is 2.82. The minimum Gasteiger partial charge on any atom is -0.346 e. The zero-order valence-electron chi connectivity index (χ0n) is 15.6. The first-order valence-corrected chi connectivity index (χ1v) is 11.2. The van der Waals surface area contributed by atoms with E-state index in [1.54, 1.807) is 22.7 Å². The second kappa shape index (κ2) is 6.40. The lowest BCUT2D eigenvalue weighted by atomic mass is 9.72. The molecular formula is C21H23N3OS2. The van der Waals surface area contributed by atoms with Gasteiger partial charge in [0, 0.05) is 33.4 Å². The Bertz CT molecular complexity index is 984. The van der Waals surface area contributed by atoms with Crippen molar-refractivity contribution in [2.24, 2.45) is 5.92 Å². The van der Waals surface area contributed by atoms with Crippen molar-refractivity contribution in [3.8, 4) is 10.6 Å². The summed E-state index contributed by atoms with van der Waals surface area (Å²) in [7, 11) is 0. The van der Waals surface area contributed by atoms with Gasteiger partial charge in [0.25, 0.3) is 5.91 Å². The number of piperidine rings is 3. The second-order valence-electron chi connectivity index (χ2n) is 8.10. The predicted octanol–water partition coefficient (Wildman–Crippen LogP) is 4.63. The van der Waals surface area contributed by atoms with E-state index in [4.69, 9.17) is 0 Å². The molecule has 3 aliphatic rings. The van der Waals surface area contributed by atoms with Crippen LogP contribution in [0.25, 0.3) is 20.7 Å². The SMILES string of the molecule is CC1(C)C(NC(=O)c2cc3cccc(-c4nccs4)c3s2)C2CCN1CC2. The van der Waals surface area contributed by atoms with Gasteiger partial charge in [0.1, 0.15) is 5.01 Å². The van der Waals surface area contributed by atoms with Crippen LogP contribution in [0.2, 0.25) is 0 Å². The average Bonchev–Trinajstić information content (AvgIpc) is 3.34. The van der Waals surface area contributed by atoms with Gasteiger partial charge in [0.05, 0.1) is 4.88 Å². The summed E-state index contributed by atoms with van der Waals surface area (Å²) in [4.78, 5) is 20.9. The fraction of sp³-hybridized carbons (Fsp3) is 0.429. The summed E-state index contributed by atoms with van der Waals surface area (Å²) in [6.07, 6.45) is 4.21. The van der Waals surface area contributed by atoms with Crippen molar-refractivity contribution in [2.75, 3.05) is 13.1 Å². The van der Waals surface area contributed by atoms with Gasteiger partial charge in [-0.25, -0.2) is 4.98 Å². The van der Waals surface area contributed by atoms with Crippen molar-refractivity contribution in [3.05, 3.63) is 40.7 Å². The summed E-state index contributed by atoms with van der Waals surface area (Å²) in [6.45, 7) is 6.86. The molecule has 0 saturated carbocycles. The van der Waals surface area contributed by atoms with Crippen molar-refractivity contribution >= 4 is 38.7 Å². The molecule has 1 unspecified atom stereocenters. The van der Waals surface area contributed by atoms with Crippen LogP contribution in [-0.2, 0) is 0 Å². The summed E-state index contributed by atoms with van der Waals surface area (Å²) in [5.74, 6) is 0.655. The maximum absolute atomic E-state index is 13.1. The van der Waals surface area contributed by atoms with Crippen molar-refractivity contribution < 1.29 is 4.79 Å². The monoisotopic (exact) mass is 397 g/mol. The van der Waals surface area contributed by atoms with E-state index in [0.29, 0.717) is 5.92 Å². The van der Waals surface area contributed by atoms with E-state index in [0.717, 1.165) is 38.6 Å². The molecule has 0 radical (unpaired) electrons. The van der Waals surface area contributed by atoms with Crippen LogP contribution in [0.5, 0.6) is 0 Å². The van der Waals surface area contributed by atoms with Crippen molar-refractivity contribution in [1.82, 2.24) is 15.2 Å². The molecule has 1 aromatic carbocycles. The highest BCUT2D eigenvalue weighted by Crippen LogP contribution is 2.40. The average molecular weight is 398 g/mol. The molecule has 1 atom stereocenters. The van der Waals surface area contributed by atoms with Gasteiger partial charge in [-0.2, -0.15) is 0 Å².